The minimum absolute atomic E-state index is 0.529. The second-order valence-electron chi connectivity index (χ2n) is 14.3. The summed E-state index contributed by atoms with van der Waals surface area (Å²) in [5, 5.41) is 6.62. The highest BCUT2D eigenvalue weighted by molar-refractivity contribution is 6.26. The van der Waals surface area contributed by atoms with Crippen LogP contribution in [0.4, 0.5) is 0 Å². The van der Waals surface area contributed by atoms with Crippen LogP contribution in [0, 0.1) is 0 Å². The number of hydrogen-bond acceptors (Lipinski definition) is 5. The lowest BCUT2D eigenvalue weighted by Gasteiger charge is -2.12. The molecular weight excluding hydrogens is 701 g/mol. The third-order valence-corrected chi connectivity index (χ3v) is 11.0. The van der Waals surface area contributed by atoms with Crippen molar-refractivity contribution < 1.29 is 4.42 Å². The fourth-order valence-electron chi connectivity index (χ4n) is 8.47. The summed E-state index contributed by atoms with van der Waals surface area (Å²) in [7, 11) is 0. The second-order valence-corrected chi connectivity index (χ2v) is 14.3. The summed E-state index contributed by atoms with van der Waals surface area (Å²) in [6.07, 6.45) is 0. The highest BCUT2D eigenvalue weighted by atomic mass is 16.3. The van der Waals surface area contributed by atoms with Gasteiger partial charge < -0.3 is 8.98 Å². The quantitative estimate of drug-likeness (QED) is 0.176. The van der Waals surface area contributed by atoms with E-state index in [-0.39, 0.29) is 0 Å². The van der Waals surface area contributed by atoms with Gasteiger partial charge in [0, 0.05) is 49.3 Å². The Kier molecular flexibility index (Phi) is 6.79. The first kappa shape index (κ1) is 31.5. The topological polar surface area (TPSA) is 74.6 Å². The molecule has 4 aromatic heterocycles. The zero-order valence-electron chi connectivity index (χ0n) is 30.4. The van der Waals surface area contributed by atoms with Crippen LogP contribution in [0.5, 0.6) is 0 Å². The molecule has 8 aromatic carbocycles. The van der Waals surface area contributed by atoms with Crippen molar-refractivity contribution in [2.75, 3.05) is 0 Å². The smallest absolute Gasteiger partial charge is 0.238 e. The van der Waals surface area contributed by atoms with Gasteiger partial charge in [0.05, 0.1) is 22.1 Å². The normalized spacial score (nSPS) is 11.9. The number of nitrogens with zero attached hydrogens (tertiary/aromatic N) is 6. The molecule has 0 aliphatic rings. The van der Waals surface area contributed by atoms with Crippen molar-refractivity contribution >= 4 is 65.5 Å². The molecule has 0 N–H and O–H groups in total. The van der Waals surface area contributed by atoms with Crippen LogP contribution in [0.15, 0.2) is 186 Å². The lowest BCUT2D eigenvalue weighted by atomic mass is 10.0. The van der Waals surface area contributed by atoms with Crippen LogP contribution in [0.1, 0.15) is 0 Å². The molecule has 266 valence electrons. The molecule has 12 aromatic rings. The number of benzene rings is 8. The number of hydrogen-bond donors (Lipinski definition) is 0. The molecule has 0 aliphatic carbocycles. The van der Waals surface area contributed by atoms with Crippen molar-refractivity contribution in [2.45, 2.75) is 0 Å². The average molecular weight is 731 g/mol. The highest BCUT2D eigenvalue weighted by Crippen LogP contribution is 2.41. The van der Waals surface area contributed by atoms with E-state index in [1.807, 2.05) is 66.7 Å². The Morgan fingerprint density at radius 1 is 0.386 bits per heavy atom. The Balaban J connectivity index is 1.11. The van der Waals surface area contributed by atoms with Crippen molar-refractivity contribution in [1.82, 2.24) is 29.1 Å². The van der Waals surface area contributed by atoms with E-state index in [1.54, 1.807) is 0 Å². The maximum absolute atomic E-state index is 6.62. The molecule has 0 spiro atoms. The predicted octanol–water partition coefficient (Wildman–Crippen LogP) is 12.4. The Hall–Kier alpha value is -7.90. The molecule has 12 rings (SSSR count). The molecule has 0 amide bonds. The molecular formula is C50H30N6O. The zero-order chi connectivity index (χ0) is 37.5. The summed E-state index contributed by atoms with van der Waals surface area (Å²) in [5.74, 6) is 2.30. The van der Waals surface area contributed by atoms with E-state index in [9.17, 15) is 0 Å². The van der Waals surface area contributed by atoms with Crippen molar-refractivity contribution in [3.05, 3.63) is 182 Å². The summed E-state index contributed by atoms with van der Waals surface area (Å²) in [4.78, 5) is 20.6. The average Bonchev–Trinajstić information content (AvgIpc) is 3.98. The van der Waals surface area contributed by atoms with Crippen LogP contribution < -0.4 is 0 Å². The van der Waals surface area contributed by atoms with Crippen LogP contribution in [0.2, 0.25) is 0 Å². The number of para-hydroxylation sites is 3. The van der Waals surface area contributed by atoms with Crippen LogP contribution in [0.3, 0.4) is 0 Å². The summed E-state index contributed by atoms with van der Waals surface area (Å²) in [6, 6.07) is 62.7. The van der Waals surface area contributed by atoms with E-state index >= 15 is 0 Å². The van der Waals surface area contributed by atoms with E-state index < -0.39 is 0 Å². The van der Waals surface area contributed by atoms with E-state index in [0.717, 1.165) is 77.1 Å². The largest absolute Gasteiger partial charge is 0.435 e. The lowest BCUT2D eigenvalue weighted by molar-refractivity contribution is 0.623. The molecule has 0 saturated heterocycles. The third kappa shape index (κ3) is 4.86. The molecule has 0 radical (unpaired) electrons. The van der Waals surface area contributed by atoms with Crippen molar-refractivity contribution in [3.63, 3.8) is 0 Å². The SMILES string of the molecule is c1ccc(-c2nc(-c3cccc(-n4c5ccccc5c5ccccc54)c3)nc(-n3c4ccccc4c4c5c(ccc6nc(-c7ccccc7)oc65)ccc43)n2)cc1. The summed E-state index contributed by atoms with van der Waals surface area (Å²) < 4.78 is 11.1. The molecule has 57 heavy (non-hydrogen) atoms. The number of fused-ring (bicyclic) bond motifs is 10. The molecule has 7 heteroatoms. The van der Waals surface area contributed by atoms with E-state index in [4.69, 9.17) is 24.4 Å². The minimum Gasteiger partial charge on any atom is -0.435 e. The maximum Gasteiger partial charge on any atom is 0.238 e. The van der Waals surface area contributed by atoms with Gasteiger partial charge >= 0.3 is 0 Å². The van der Waals surface area contributed by atoms with Crippen molar-refractivity contribution in [3.8, 4) is 45.9 Å². The van der Waals surface area contributed by atoms with Crippen LogP contribution in [0.25, 0.3) is 111 Å². The molecule has 0 fully saturated rings. The Labute approximate surface area is 325 Å². The standard InChI is InChI=1S/C50H30N6O/c1-3-14-32(15-4-1)47-52-48(34-18-13-19-35(30-34)55-40-23-10-7-20-36(40)37-21-8-11-24-41(37)55)54-50(53-47)56-42-25-12-9-22-38(42)45-43(56)29-27-31-26-28-39-46(44(31)45)57-49(51-39)33-16-5-2-6-17-33/h1-30H. The first-order valence-corrected chi connectivity index (χ1v) is 19.0. The van der Waals surface area contributed by atoms with E-state index in [1.165, 1.54) is 10.8 Å². The third-order valence-electron chi connectivity index (χ3n) is 11.0. The number of rotatable bonds is 5. The Bertz CT molecular complexity index is 3470. The number of aromatic nitrogens is 6. The second kappa shape index (κ2) is 12.3. The molecule has 0 atom stereocenters. The van der Waals surface area contributed by atoms with E-state index in [2.05, 4.69) is 124 Å². The first-order valence-electron chi connectivity index (χ1n) is 19.0. The summed E-state index contributed by atoms with van der Waals surface area (Å²) in [5.41, 5.74) is 9.55. The molecule has 0 unspecified atom stereocenters. The van der Waals surface area contributed by atoms with Gasteiger partial charge in [0.25, 0.3) is 0 Å². The van der Waals surface area contributed by atoms with Gasteiger partial charge in [-0.1, -0.05) is 127 Å². The maximum atomic E-state index is 6.62. The van der Waals surface area contributed by atoms with Gasteiger partial charge in [0.15, 0.2) is 17.2 Å². The molecule has 7 nitrogen and oxygen atoms in total. The molecule has 0 bridgehead atoms. The van der Waals surface area contributed by atoms with Crippen molar-refractivity contribution in [1.29, 1.82) is 0 Å². The van der Waals surface area contributed by atoms with E-state index in [0.29, 0.717) is 23.5 Å². The Morgan fingerprint density at radius 2 is 0.965 bits per heavy atom. The van der Waals surface area contributed by atoms with Gasteiger partial charge in [-0.2, -0.15) is 9.97 Å². The lowest BCUT2D eigenvalue weighted by Crippen LogP contribution is -2.06. The highest BCUT2D eigenvalue weighted by Gasteiger charge is 2.22. The van der Waals surface area contributed by atoms with Gasteiger partial charge in [-0.15, -0.1) is 0 Å². The zero-order valence-corrected chi connectivity index (χ0v) is 30.4. The summed E-state index contributed by atoms with van der Waals surface area (Å²) in [6.45, 7) is 0. The van der Waals surface area contributed by atoms with Gasteiger partial charge in [-0.05, 0) is 60.0 Å². The molecule has 4 heterocycles. The van der Waals surface area contributed by atoms with Gasteiger partial charge in [0.1, 0.15) is 5.52 Å². The predicted molar refractivity (Wildman–Crippen MR) is 230 cm³/mol. The summed E-state index contributed by atoms with van der Waals surface area (Å²) >= 11 is 0. The van der Waals surface area contributed by atoms with Crippen LogP contribution in [-0.2, 0) is 0 Å². The molecule has 0 aliphatic heterocycles. The van der Waals surface area contributed by atoms with Crippen LogP contribution in [-0.4, -0.2) is 29.1 Å². The Morgan fingerprint density at radius 3 is 1.68 bits per heavy atom. The molecule has 0 saturated carbocycles. The van der Waals surface area contributed by atoms with Gasteiger partial charge in [-0.3, -0.25) is 4.57 Å². The van der Waals surface area contributed by atoms with Crippen LogP contribution >= 0.6 is 0 Å². The monoisotopic (exact) mass is 730 g/mol. The fraction of sp³-hybridized carbons (Fsp3) is 0. The van der Waals surface area contributed by atoms with Crippen molar-refractivity contribution in [2.24, 2.45) is 0 Å². The number of oxazole rings is 1. The van der Waals surface area contributed by atoms with Gasteiger partial charge in [-0.25, -0.2) is 9.97 Å². The van der Waals surface area contributed by atoms with Gasteiger partial charge in [0.2, 0.25) is 11.8 Å². The fourth-order valence-corrected chi connectivity index (χ4v) is 8.47. The minimum atomic E-state index is 0.529. The first-order chi connectivity index (χ1) is 28.3.